The molecule has 1 rings (SSSR count). The van der Waals surface area contributed by atoms with Crippen LogP contribution < -0.4 is 0 Å². The van der Waals surface area contributed by atoms with Crippen LogP contribution in [0.25, 0.3) is 0 Å². The molecule has 0 aromatic carbocycles. The molecule has 1 heterocycles. The van der Waals surface area contributed by atoms with Gasteiger partial charge in [0.05, 0.1) is 5.69 Å². The lowest BCUT2D eigenvalue weighted by Crippen LogP contribution is -2.20. The Labute approximate surface area is 65.6 Å². The molecule has 0 aliphatic carbocycles. The van der Waals surface area contributed by atoms with Crippen molar-refractivity contribution in [3.63, 3.8) is 0 Å². The third kappa shape index (κ3) is 1.76. The fraction of sp³-hybridized carbons (Fsp3) is 0.375. The molecular formula is C8H11NO2. The van der Waals surface area contributed by atoms with E-state index in [1.165, 1.54) is 0 Å². The molecule has 1 N–H and O–H groups in total. The standard InChI is InChI=1S/C8H11NO2/c1-8(2,11-10)7-5-3-4-6-9-7/h3-6,10H,1-2H3. The van der Waals surface area contributed by atoms with Crippen LogP contribution in [0.2, 0.25) is 0 Å². The Morgan fingerprint density at radius 1 is 1.45 bits per heavy atom. The lowest BCUT2D eigenvalue weighted by molar-refractivity contribution is -0.319. The van der Waals surface area contributed by atoms with Crippen molar-refractivity contribution in [1.82, 2.24) is 4.98 Å². The molecular weight excluding hydrogens is 142 g/mol. The van der Waals surface area contributed by atoms with Crippen LogP contribution in [0.1, 0.15) is 19.5 Å². The summed E-state index contributed by atoms with van der Waals surface area (Å²) in [7, 11) is 0. The second kappa shape index (κ2) is 2.98. The predicted octanol–water partition coefficient (Wildman–Crippen LogP) is 1.81. The van der Waals surface area contributed by atoms with E-state index < -0.39 is 5.60 Å². The molecule has 0 spiro atoms. The van der Waals surface area contributed by atoms with Gasteiger partial charge in [-0.15, -0.1) is 0 Å². The predicted molar refractivity (Wildman–Crippen MR) is 41.0 cm³/mol. The first-order chi connectivity index (χ1) is 5.17. The van der Waals surface area contributed by atoms with Crippen molar-refractivity contribution >= 4 is 0 Å². The van der Waals surface area contributed by atoms with E-state index in [0.29, 0.717) is 5.69 Å². The van der Waals surface area contributed by atoms with Crippen LogP contribution in [0.15, 0.2) is 24.4 Å². The SMILES string of the molecule is CC(C)(OO)c1ccccn1. The lowest BCUT2D eigenvalue weighted by Gasteiger charge is -2.18. The molecule has 0 aliphatic rings. The highest BCUT2D eigenvalue weighted by atomic mass is 17.1. The van der Waals surface area contributed by atoms with Gasteiger partial charge in [0, 0.05) is 6.20 Å². The van der Waals surface area contributed by atoms with Gasteiger partial charge in [-0.2, -0.15) is 0 Å². The average molecular weight is 153 g/mol. The molecule has 0 radical (unpaired) electrons. The summed E-state index contributed by atoms with van der Waals surface area (Å²) in [5.74, 6) is 0. The smallest absolute Gasteiger partial charge is 0.139 e. The normalized spacial score (nSPS) is 11.5. The molecule has 0 fully saturated rings. The molecule has 0 bridgehead atoms. The summed E-state index contributed by atoms with van der Waals surface area (Å²) in [6.45, 7) is 3.49. The van der Waals surface area contributed by atoms with Crippen molar-refractivity contribution in [2.45, 2.75) is 19.4 Å². The molecule has 3 nitrogen and oxygen atoms in total. The molecule has 0 amide bonds. The van der Waals surface area contributed by atoms with Crippen LogP contribution in [0, 0.1) is 0 Å². The molecule has 11 heavy (non-hydrogen) atoms. The van der Waals surface area contributed by atoms with Crippen molar-refractivity contribution in [1.29, 1.82) is 0 Å². The van der Waals surface area contributed by atoms with Gasteiger partial charge in [-0.05, 0) is 26.0 Å². The van der Waals surface area contributed by atoms with E-state index in [0.717, 1.165) is 0 Å². The summed E-state index contributed by atoms with van der Waals surface area (Å²) in [6.07, 6.45) is 1.66. The van der Waals surface area contributed by atoms with Crippen LogP contribution in [-0.4, -0.2) is 10.2 Å². The Bertz CT molecular complexity index is 221. The largest absolute Gasteiger partial charge is 0.258 e. The zero-order valence-corrected chi connectivity index (χ0v) is 6.61. The summed E-state index contributed by atoms with van der Waals surface area (Å²) < 4.78 is 0. The van der Waals surface area contributed by atoms with E-state index in [4.69, 9.17) is 5.26 Å². The highest BCUT2D eigenvalue weighted by Crippen LogP contribution is 2.20. The van der Waals surface area contributed by atoms with Crippen molar-refractivity contribution < 1.29 is 10.1 Å². The van der Waals surface area contributed by atoms with Crippen molar-refractivity contribution in [2.75, 3.05) is 0 Å². The van der Waals surface area contributed by atoms with Crippen LogP contribution in [0.5, 0.6) is 0 Å². The summed E-state index contributed by atoms with van der Waals surface area (Å²) in [6, 6.07) is 5.47. The highest BCUT2D eigenvalue weighted by molar-refractivity contribution is 5.10. The minimum Gasteiger partial charge on any atom is -0.258 e. The molecule has 1 aromatic heterocycles. The zero-order valence-electron chi connectivity index (χ0n) is 6.61. The Morgan fingerprint density at radius 2 is 2.18 bits per heavy atom. The molecule has 0 saturated heterocycles. The summed E-state index contributed by atoms with van der Waals surface area (Å²) in [4.78, 5) is 8.30. The maximum atomic E-state index is 8.51. The van der Waals surface area contributed by atoms with E-state index in [9.17, 15) is 0 Å². The molecule has 3 heteroatoms. The molecule has 0 saturated carbocycles. The second-order valence-corrected chi connectivity index (χ2v) is 2.82. The van der Waals surface area contributed by atoms with E-state index in [2.05, 4.69) is 9.87 Å². The number of aromatic nitrogens is 1. The quantitative estimate of drug-likeness (QED) is 0.520. The number of hydrogen-bond acceptors (Lipinski definition) is 3. The first-order valence-corrected chi connectivity index (χ1v) is 3.41. The molecule has 0 unspecified atom stereocenters. The van der Waals surface area contributed by atoms with Crippen LogP contribution in [0.4, 0.5) is 0 Å². The van der Waals surface area contributed by atoms with Crippen LogP contribution in [-0.2, 0) is 10.5 Å². The Morgan fingerprint density at radius 3 is 2.64 bits per heavy atom. The third-order valence-corrected chi connectivity index (χ3v) is 1.51. The number of hydrogen-bond donors (Lipinski definition) is 1. The van der Waals surface area contributed by atoms with Gasteiger partial charge in [0.25, 0.3) is 0 Å². The summed E-state index contributed by atoms with van der Waals surface area (Å²) >= 11 is 0. The third-order valence-electron chi connectivity index (χ3n) is 1.51. The zero-order chi connectivity index (χ0) is 8.32. The Hall–Kier alpha value is -0.930. The van der Waals surface area contributed by atoms with Gasteiger partial charge in [-0.3, -0.25) is 10.2 Å². The van der Waals surface area contributed by atoms with E-state index >= 15 is 0 Å². The monoisotopic (exact) mass is 153 g/mol. The van der Waals surface area contributed by atoms with Gasteiger partial charge >= 0.3 is 0 Å². The van der Waals surface area contributed by atoms with Gasteiger partial charge in [-0.25, -0.2) is 4.89 Å². The van der Waals surface area contributed by atoms with Gasteiger partial charge in [0.1, 0.15) is 5.60 Å². The molecule has 60 valence electrons. The lowest BCUT2D eigenvalue weighted by atomic mass is 10.1. The van der Waals surface area contributed by atoms with Crippen molar-refractivity contribution in [3.8, 4) is 0 Å². The van der Waals surface area contributed by atoms with Gasteiger partial charge in [0.15, 0.2) is 0 Å². The highest BCUT2D eigenvalue weighted by Gasteiger charge is 2.22. The van der Waals surface area contributed by atoms with Crippen molar-refractivity contribution in [2.24, 2.45) is 0 Å². The minimum absolute atomic E-state index is 0.711. The summed E-state index contributed by atoms with van der Waals surface area (Å²) in [5.41, 5.74) is -0.0103. The minimum atomic E-state index is -0.721. The van der Waals surface area contributed by atoms with Gasteiger partial charge in [-0.1, -0.05) is 6.07 Å². The first-order valence-electron chi connectivity index (χ1n) is 3.41. The van der Waals surface area contributed by atoms with E-state index in [1.54, 1.807) is 26.1 Å². The first kappa shape index (κ1) is 8.17. The fourth-order valence-electron chi connectivity index (χ4n) is 0.766. The Balaban J connectivity index is 2.93. The molecule has 0 aliphatic heterocycles. The number of rotatable bonds is 2. The van der Waals surface area contributed by atoms with Crippen LogP contribution >= 0.6 is 0 Å². The van der Waals surface area contributed by atoms with Crippen LogP contribution in [0.3, 0.4) is 0 Å². The number of nitrogens with zero attached hydrogens (tertiary/aromatic N) is 1. The van der Waals surface area contributed by atoms with E-state index in [-0.39, 0.29) is 0 Å². The topological polar surface area (TPSA) is 42.4 Å². The maximum Gasteiger partial charge on any atom is 0.139 e. The van der Waals surface area contributed by atoms with Crippen molar-refractivity contribution in [3.05, 3.63) is 30.1 Å². The summed E-state index contributed by atoms with van der Waals surface area (Å²) in [5, 5.41) is 8.51. The van der Waals surface area contributed by atoms with E-state index in [1.807, 2.05) is 12.1 Å². The molecule has 0 atom stereocenters. The second-order valence-electron chi connectivity index (χ2n) is 2.82. The average Bonchev–Trinajstić information content (AvgIpc) is 2.06. The Kier molecular flexibility index (Phi) is 2.22. The van der Waals surface area contributed by atoms with Gasteiger partial charge < -0.3 is 0 Å². The van der Waals surface area contributed by atoms with Gasteiger partial charge in [0.2, 0.25) is 0 Å². The number of pyridine rings is 1. The molecule has 1 aromatic rings. The maximum absolute atomic E-state index is 8.51. The fourth-order valence-corrected chi connectivity index (χ4v) is 0.766.